The summed E-state index contributed by atoms with van der Waals surface area (Å²) in [6.45, 7) is 1.15. The lowest BCUT2D eigenvalue weighted by molar-refractivity contribution is -0.137. The fourth-order valence-electron chi connectivity index (χ4n) is 3.54. The average molecular weight is 474 g/mol. The number of amides is 2. The van der Waals surface area contributed by atoms with Crippen molar-refractivity contribution >= 4 is 27.6 Å². The van der Waals surface area contributed by atoms with Crippen molar-refractivity contribution in [2.24, 2.45) is 0 Å². The standard InChI is InChI=1S/C20H20BrF4N3O/c1-27(16-8-13(20(23,24)25)7-14(21)9-16)19(29)28(2)18-11-26-10-17(18)12-3-5-15(22)6-4-12/h3-9,17-18,26H,10-11H2,1-2H3/t17-,18+/m0/s1. The molecule has 29 heavy (non-hydrogen) atoms. The first kappa shape index (κ1) is 21.6. The molecule has 1 aliphatic heterocycles. The molecule has 4 nitrogen and oxygen atoms in total. The summed E-state index contributed by atoms with van der Waals surface area (Å²) in [5, 5.41) is 3.23. The quantitative estimate of drug-likeness (QED) is 0.646. The van der Waals surface area contributed by atoms with E-state index in [0.29, 0.717) is 13.1 Å². The largest absolute Gasteiger partial charge is 0.416 e. The molecule has 2 atom stereocenters. The van der Waals surface area contributed by atoms with Crippen LogP contribution in [-0.2, 0) is 6.18 Å². The highest BCUT2D eigenvalue weighted by molar-refractivity contribution is 9.10. The molecule has 2 amide bonds. The van der Waals surface area contributed by atoms with Gasteiger partial charge in [-0.3, -0.25) is 4.90 Å². The van der Waals surface area contributed by atoms with Gasteiger partial charge in [0.25, 0.3) is 0 Å². The van der Waals surface area contributed by atoms with Crippen LogP contribution in [-0.4, -0.2) is 44.2 Å². The number of likely N-dealkylation sites (N-methyl/N-ethyl adjacent to an activating group) is 1. The normalized spacial score (nSPS) is 19.3. The molecule has 3 rings (SSSR count). The number of halogens is 5. The Hall–Kier alpha value is -2.13. The van der Waals surface area contributed by atoms with Crippen molar-refractivity contribution in [2.75, 3.05) is 32.1 Å². The van der Waals surface area contributed by atoms with Gasteiger partial charge in [0.1, 0.15) is 5.82 Å². The molecule has 1 aliphatic rings. The Balaban J connectivity index is 1.82. The van der Waals surface area contributed by atoms with E-state index in [-0.39, 0.29) is 27.9 Å². The van der Waals surface area contributed by atoms with Crippen LogP contribution in [0.5, 0.6) is 0 Å². The predicted octanol–water partition coefficient (Wildman–Crippen LogP) is 4.85. The summed E-state index contributed by atoms with van der Waals surface area (Å²) in [6, 6.07) is 8.85. The molecule has 0 aromatic heterocycles. The van der Waals surface area contributed by atoms with Crippen molar-refractivity contribution in [3.05, 3.63) is 63.9 Å². The number of benzene rings is 2. The lowest BCUT2D eigenvalue weighted by atomic mass is 9.93. The predicted molar refractivity (Wildman–Crippen MR) is 107 cm³/mol. The number of hydrogen-bond donors (Lipinski definition) is 1. The van der Waals surface area contributed by atoms with Crippen LogP contribution < -0.4 is 10.2 Å². The summed E-state index contributed by atoms with van der Waals surface area (Å²) in [6.07, 6.45) is -4.52. The zero-order chi connectivity index (χ0) is 21.3. The van der Waals surface area contributed by atoms with Crippen LogP contribution in [0.25, 0.3) is 0 Å². The fourth-order valence-corrected chi connectivity index (χ4v) is 4.02. The van der Waals surface area contributed by atoms with E-state index in [1.165, 1.54) is 35.0 Å². The lowest BCUT2D eigenvalue weighted by Crippen LogP contribution is -2.47. The smallest absolute Gasteiger partial charge is 0.322 e. The van der Waals surface area contributed by atoms with Gasteiger partial charge in [0.05, 0.1) is 11.6 Å². The van der Waals surface area contributed by atoms with Gasteiger partial charge in [0, 0.05) is 43.3 Å². The number of nitrogens with zero attached hydrogens (tertiary/aromatic N) is 2. The second-order valence-corrected chi connectivity index (χ2v) is 7.95. The topological polar surface area (TPSA) is 35.6 Å². The maximum atomic E-state index is 13.2. The van der Waals surface area contributed by atoms with Crippen molar-refractivity contribution in [1.29, 1.82) is 0 Å². The minimum absolute atomic E-state index is 0.0498. The van der Waals surface area contributed by atoms with Crippen LogP contribution >= 0.6 is 15.9 Å². The molecule has 0 radical (unpaired) electrons. The van der Waals surface area contributed by atoms with Gasteiger partial charge in [-0.05, 0) is 35.9 Å². The van der Waals surface area contributed by atoms with Gasteiger partial charge in [-0.25, -0.2) is 9.18 Å². The summed E-state index contributed by atoms with van der Waals surface area (Å²) in [7, 11) is 3.06. The van der Waals surface area contributed by atoms with Gasteiger partial charge in [-0.2, -0.15) is 13.2 Å². The van der Waals surface area contributed by atoms with E-state index in [0.717, 1.165) is 17.7 Å². The fraction of sp³-hybridized carbons (Fsp3) is 0.350. The van der Waals surface area contributed by atoms with Crippen LogP contribution in [0, 0.1) is 5.82 Å². The molecule has 2 aromatic rings. The number of anilines is 1. The number of carbonyl (C=O) groups excluding carboxylic acids is 1. The van der Waals surface area contributed by atoms with E-state index in [2.05, 4.69) is 21.2 Å². The molecule has 0 aliphatic carbocycles. The molecule has 1 saturated heterocycles. The molecule has 0 saturated carbocycles. The van der Waals surface area contributed by atoms with E-state index < -0.39 is 17.8 Å². The summed E-state index contributed by atoms with van der Waals surface area (Å²) < 4.78 is 52.8. The maximum absolute atomic E-state index is 13.2. The van der Waals surface area contributed by atoms with Crippen LogP contribution in [0.1, 0.15) is 17.0 Å². The molecule has 1 fully saturated rings. The summed E-state index contributed by atoms with van der Waals surface area (Å²) in [5.74, 6) is -0.387. The third kappa shape index (κ3) is 4.72. The Morgan fingerprint density at radius 1 is 1.10 bits per heavy atom. The van der Waals surface area contributed by atoms with E-state index in [1.54, 1.807) is 19.2 Å². The van der Waals surface area contributed by atoms with Crippen molar-refractivity contribution in [3.63, 3.8) is 0 Å². The molecule has 0 bridgehead atoms. The highest BCUT2D eigenvalue weighted by Crippen LogP contribution is 2.35. The summed E-state index contributed by atoms with van der Waals surface area (Å²) in [4.78, 5) is 15.7. The van der Waals surface area contributed by atoms with E-state index in [4.69, 9.17) is 0 Å². The van der Waals surface area contributed by atoms with Crippen LogP contribution in [0.15, 0.2) is 46.9 Å². The van der Waals surface area contributed by atoms with Gasteiger partial charge in [0.15, 0.2) is 0 Å². The van der Waals surface area contributed by atoms with Crippen molar-refractivity contribution in [3.8, 4) is 0 Å². The number of nitrogens with one attached hydrogen (secondary N) is 1. The molecule has 156 valence electrons. The molecule has 0 spiro atoms. The van der Waals surface area contributed by atoms with Crippen LogP contribution in [0.2, 0.25) is 0 Å². The Morgan fingerprint density at radius 3 is 2.38 bits per heavy atom. The van der Waals surface area contributed by atoms with E-state index in [1.807, 2.05) is 0 Å². The van der Waals surface area contributed by atoms with E-state index in [9.17, 15) is 22.4 Å². The summed E-state index contributed by atoms with van der Waals surface area (Å²) >= 11 is 3.08. The van der Waals surface area contributed by atoms with Gasteiger partial charge in [0.2, 0.25) is 0 Å². The average Bonchev–Trinajstić information content (AvgIpc) is 3.15. The molecule has 2 aromatic carbocycles. The number of rotatable bonds is 3. The van der Waals surface area contributed by atoms with Gasteiger partial charge >= 0.3 is 12.2 Å². The number of alkyl halides is 3. The van der Waals surface area contributed by atoms with Crippen molar-refractivity contribution in [2.45, 2.75) is 18.1 Å². The van der Waals surface area contributed by atoms with Crippen LogP contribution in [0.3, 0.4) is 0 Å². The zero-order valence-electron chi connectivity index (χ0n) is 15.8. The maximum Gasteiger partial charge on any atom is 0.416 e. The molecule has 9 heteroatoms. The molecule has 1 heterocycles. The number of carbonyl (C=O) groups is 1. The first-order chi connectivity index (χ1) is 13.6. The zero-order valence-corrected chi connectivity index (χ0v) is 17.4. The number of hydrogen-bond acceptors (Lipinski definition) is 2. The molecular weight excluding hydrogens is 454 g/mol. The second-order valence-electron chi connectivity index (χ2n) is 7.03. The Labute approximate surface area is 174 Å². The summed E-state index contributed by atoms with van der Waals surface area (Å²) in [5.41, 5.74) is 0.189. The minimum atomic E-state index is -4.52. The Morgan fingerprint density at radius 2 is 1.76 bits per heavy atom. The van der Waals surface area contributed by atoms with E-state index >= 15 is 0 Å². The highest BCUT2D eigenvalue weighted by atomic mass is 79.9. The Kier molecular flexibility index (Phi) is 6.19. The van der Waals surface area contributed by atoms with Crippen molar-refractivity contribution < 1.29 is 22.4 Å². The van der Waals surface area contributed by atoms with Gasteiger partial charge < -0.3 is 10.2 Å². The minimum Gasteiger partial charge on any atom is -0.322 e. The third-order valence-corrected chi connectivity index (χ3v) is 5.62. The SMILES string of the molecule is CN(C(=O)N(C)[C@@H]1CNC[C@H]1c1ccc(F)cc1)c1cc(Br)cc(C(F)(F)F)c1. The third-order valence-electron chi connectivity index (χ3n) is 5.16. The molecule has 1 N–H and O–H groups in total. The Bertz CT molecular complexity index is 888. The second kappa shape index (κ2) is 8.31. The monoisotopic (exact) mass is 473 g/mol. The molecular formula is C20H20BrF4N3O. The van der Waals surface area contributed by atoms with Gasteiger partial charge in [-0.15, -0.1) is 0 Å². The molecule has 0 unspecified atom stereocenters. The lowest BCUT2D eigenvalue weighted by Gasteiger charge is -2.33. The first-order valence-electron chi connectivity index (χ1n) is 8.92. The van der Waals surface area contributed by atoms with Crippen LogP contribution in [0.4, 0.5) is 28.0 Å². The highest BCUT2D eigenvalue weighted by Gasteiger charge is 2.36. The van der Waals surface area contributed by atoms with Gasteiger partial charge in [-0.1, -0.05) is 28.1 Å². The first-order valence-corrected chi connectivity index (χ1v) is 9.71. The number of urea groups is 1. The van der Waals surface area contributed by atoms with Crippen molar-refractivity contribution in [1.82, 2.24) is 10.2 Å².